The number of carbonyl (C=O) groups excluding carboxylic acids is 2. The molecule has 3 aromatic rings. The van der Waals surface area contributed by atoms with Crippen molar-refractivity contribution in [1.82, 2.24) is 14.7 Å². The van der Waals surface area contributed by atoms with Gasteiger partial charge in [-0.2, -0.15) is 5.10 Å². The molecule has 1 heterocycles. The van der Waals surface area contributed by atoms with Gasteiger partial charge in [-0.05, 0) is 59.6 Å². The Hall–Kier alpha value is -2.93. The molecule has 32 heavy (non-hydrogen) atoms. The van der Waals surface area contributed by atoms with Gasteiger partial charge in [0.2, 0.25) is 5.91 Å². The van der Waals surface area contributed by atoms with E-state index in [2.05, 4.69) is 42.0 Å². The summed E-state index contributed by atoms with van der Waals surface area (Å²) in [5, 5.41) is 7.72. The summed E-state index contributed by atoms with van der Waals surface area (Å²) in [6.07, 6.45) is 0. The van der Waals surface area contributed by atoms with Gasteiger partial charge >= 0.3 is 0 Å². The monoisotopic (exact) mass is 496 g/mol. The fourth-order valence-electron chi connectivity index (χ4n) is 3.28. The first-order chi connectivity index (χ1) is 15.1. The SMILES string of the molecule is CCN(CC(=O)Nc1cc(C(C)(C)C)nn1-c1cccc(C)c1)C(=O)c1ccccc1Br. The number of aromatic nitrogens is 2. The Bertz CT molecular complexity index is 1130. The molecule has 0 aliphatic carbocycles. The van der Waals surface area contributed by atoms with Crippen molar-refractivity contribution in [3.05, 3.63) is 75.9 Å². The van der Waals surface area contributed by atoms with Crippen molar-refractivity contribution < 1.29 is 9.59 Å². The third-order valence-corrected chi connectivity index (χ3v) is 5.79. The van der Waals surface area contributed by atoms with Gasteiger partial charge in [-0.1, -0.05) is 45.0 Å². The average Bonchev–Trinajstić information content (AvgIpc) is 3.16. The Balaban J connectivity index is 1.85. The van der Waals surface area contributed by atoms with Gasteiger partial charge in [0.05, 0.1) is 16.9 Å². The third-order valence-electron chi connectivity index (χ3n) is 5.10. The highest BCUT2D eigenvalue weighted by atomic mass is 79.9. The van der Waals surface area contributed by atoms with Gasteiger partial charge in [-0.3, -0.25) is 9.59 Å². The maximum atomic E-state index is 13.0. The van der Waals surface area contributed by atoms with E-state index in [1.165, 1.54) is 4.90 Å². The summed E-state index contributed by atoms with van der Waals surface area (Å²) in [4.78, 5) is 27.4. The maximum Gasteiger partial charge on any atom is 0.255 e. The first kappa shape index (κ1) is 23.7. The number of benzene rings is 2. The van der Waals surface area contributed by atoms with Crippen LogP contribution in [-0.2, 0) is 10.2 Å². The quantitative estimate of drug-likeness (QED) is 0.500. The lowest BCUT2D eigenvalue weighted by atomic mass is 9.92. The largest absolute Gasteiger partial charge is 0.330 e. The minimum atomic E-state index is -0.276. The molecule has 2 aromatic carbocycles. The number of halogens is 1. The molecule has 0 saturated carbocycles. The van der Waals surface area contributed by atoms with Crippen molar-refractivity contribution in [2.45, 2.75) is 40.0 Å². The fourth-order valence-corrected chi connectivity index (χ4v) is 3.74. The number of hydrogen-bond acceptors (Lipinski definition) is 3. The van der Waals surface area contributed by atoms with E-state index in [0.29, 0.717) is 22.4 Å². The van der Waals surface area contributed by atoms with Gasteiger partial charge in [0.15, 0.2) is 0 Å². The summed E-state index contributed by atoms with van der Waals surface area (Å²) in [5.41, 5.74) is 3.18. The predicted octanol–water partition coefficient (Wildman–Crippen LogP) is 5.34. The lowest BCUT2D eigenvalue weighted by Gasteiger charge is -2.21. The zero-order valence-electron chi connectivity index (χ0n) is 19.1. The molecule has 1 aromatic heterocycles. The molecule has 1 N–H and O–H groups in total. The summed E-state index contributed by atoms with van der Waals surface area (Å²) >= 11 is 3.42. The summed E-state index contributed by atoms with van der Waals surface area (Å²) in [6.45, 7) is 10.5. The minimum absolute atomic E-state index is 0.0550. The van der Waals surface area contributed by atoms with Crippen LogP contribution in [0.2, 0.25) is 0 Å². The van der Waals surface area contributed by atoms with Crippen molar-refractivity contribution in [3.8, 4) is 5.69 Å². The van der Waals surface area contributed by atoms with Crippen LogP contribution < -0.4 is 5.32 Å². The van der Waals surface area contributed by atoms with Crippen molar-refractivity contribution in [2.24, 2.45) is 0 Å². The van der Waals surface area contributed by atoms with Gasteiger partial charge in [0, 0.05) is 22.5 Å². The number of hydrogen-bond donors (Lipinski definition) is 1. The smallest absolute Gasteiger partial charge is 0.255 e. The Kier molecular flexibility index (Phi) is 7.19. The van der Waals surface area contributed by atoms with Crippen LogP contribution in [0.1, 0.15) is 49.3 Å². The normalized spacial score (nSPS) is 11.3. The molecule has 0 spiro atoms. The van der Waals surface area contributed by atoms with E-state index < -0.39 is 0 Å². The highest BCUT2D eigenvalue weighted by Gasteiger charge is 2.23. The number of rotatable bonds is 6. The molecule has 0 unspecified atom stereocenters. The zero-order chi connectivity index (χ0) is 23.5. The van der Waals surface area contributed by atoms with Crippen molar-refractivity contribution in [1.29, 1.82) is 0 Å². The molecule has 2 amide bonds. The van der Waals surface area contributed by atoms with Crippen LogP contribution in [0, 0.1) is 6.92 Å². The molecule has 168 valence electrons. The van der Waals surface area contributed by atoms with E-state index in [-0.39, 0.29) is 23.8 Å². The van der Waals surface area contributed by atoms with Crippen LogP contribution >= 0.6 is 15.9 Å². The highest BCUT2D eigenvalue weighted by molar-refractivity contribution is 9.10. The average molecular weight is 497 g/mol. The molecule has 0 aliphatic rings. The van der Waals surface area contributed by atoms with Crippen molar-refractivity contribution in [3.63, 3.8) is 0 Å². The van der Waals surface area contributed by atoms with E-state index in [9.17, 15) is 9.59 Å². The second-order valence-electron chi connectivity index (χ2n) is 8.76. The molecule has 0 aliphatic heterocycles. The molecule has 0 radical (unpaired) electrons. The Labute approximate surface area is 197 Å². The van der Waals surface area contributed by atoms with Gasteiger partial charge in [-0.25, -0.2) is 4.68 Å². The number of amides is 2. The van der Waals surface area contributed by atoms with Gasteiger partial charge < -0.3 is 10.2 Å². The summed E-state index contributed by atoms with van der Waals surface area (Å²) in [6, 6.07) is 17.1. The fraction of sp³-hybridized carbons (Fsp3) is 0.320. The van der Waals surface area contributed by atoms with E-state index in [0.717, 1.165) is 16.9 Å². The Morgan fingerprint density at radius 2 is 1.81 bits per heavy atom. The Morgan fingerprint density at radius 3 is 2.44 bits per heavy atom. The zero-order valence-corrected chi connectivity index (χ0v) is 20.7. The minimum Gasteiger partial charge on any atom is -0.330 e. The van der Waals surface area contributed by atoms with Crippen LogP contribution in [0.5, 0.6) is 0 Å². The van der Waals surface area contributed by atoms with Gasteiger partial charge in [0.1, 0.15) is 12.4 Å². The first-order valence-corrected chi connectivity index (χ1v) is 11.4. The molecule has 7 heteroatoms. The third kappa shape index (κ3) is 5.46. The number of likely N-dealkylation sites (N-methyl/N-ethyl adjacent to an activating group) is 1. The summed E-state index contributed by atoms with van der Waals surface area (Å²) < 4.78 is 2.45. The highest BCUT2D eigenvalue weighted by Crippen LogP contribution is 2.26. The maximum absolute atomic E-state index is 13.0. The molecule has 0 bridgehead atoms. The van der Waals surface area contributed by atoms with E-state index in [1.54, 1.807) is 16.8 Å². The van der Waals surface area contributed by atoms with E-state index >= 15 is 0 Å². The topological polar surface area (TPSA) is 67.2 Å². The second kappa shape index (κ2) is 9.69. The number of anilines is 1. The first-order valence-electron chi connectivity index (χ1n) is 10.6. The van der Waals surface area contributed by atoms with Crippen LogP contribution in [0.3, 0.4) is 0 Å². The van der Waals surface area contributed by atoms with Crippen LogP contribution in [0.15, 0.2) is 59.1 Å². The van der Waals surface area contributed by atoms with E-state index in [4.69, 9.17) is 5.10 Å². The van der Waals surface area contributed by atoms with E-state index in [1.807, 2.05) is 56.3 Å². The summed E-state index contributed by atoms with van der Waals surface area (Å²) in [7, 11) is 0. The number of carbonyl (C=O) groups is 2. The molecule has 0 fully saturated rings. The lowest BCUT2D eigenvalue weighted by Crippen LogP contribution is -2.38. The van der Waals surface area contributed by atoms with Crippen LogP contribution in [0.4, 0.5) is 5.82 Å². The Morgan fingerprint density at radius 1 is 1.09 bits per heavy atom. The predicted molar refractivity (Wildman–Crippen MR) is 131 cm³/mol. The van der Waals surface area contributed by atoms with Crippen LogP contribution in [0.25, 0.3) is 5.69 Å². The summed E-state index contributed by atoms with van der Waals surface area (Å²) in [5.74, 6) is 0.106. The number of nitrogens with one attached hydrogen (secondary N) is 1. The molecule has 6 nitrogen and oxygen atoms in total. The lowest BCUT2D eigenvalue weighted by molar-refractivity contribution is -0.116. The molecule has 0 saturated heterocycles. The number of aryl methyl sites for hydroxylation is 1. The van der Waals surface area contributed by atoms with Gasteiger partial charge in [0.25, 0.3) is 5.91 Å². The standard InChI is InChI=1S/C25H29BrN4O2/c1-6-29(24(32)19-12-7-8-13-20(19)26)16-23(31)27-22-15-21(25(3,4)5)28-30(22)18-11-9-10-17(2)14-18/h7-15H,6,16H2,1-5H3,(H,27,31). The number of nitrogens with zero attached hydrogens (tertiary/aromatic N) is 3. The molecule has 0 atom stereocenters. The van der Waals surface area contributed by atoms with Gasteiger partial charge in [-0.15, -0.1) is 0 Å². The molecular formula is C25H29BrN4O2. The molecular weight excluding hydrogens is 468 g/mol. The van der Waals surface area contributed by atoms with Crippen molar-refractivity contribution in [2.75, 3.05) is 18.4 Å². The molecule has 3 rings (SSSR count). The van der Waals surface area contributed by atoms with Crippen molar-refractivity contribution >= 4 is 33.6 Å². The van der Waals surface area contributed by atoms with Crippen LogP contribution in [-0.4, -0.2) is 39.6 Å². The second-order valence-corrected chi connectivity index (χ2v) is 9.62.